The zero-order chi connectivity index (χ0) is 14.3. The molecule has 0 atom stereocenters. The molecule has 1 aliphatic rings. The fourth-order valence-electron chi connectivity index (χ4n) is 2.70. The highest BCUT2D eigenvalue weighted by Crippen LogP contribution is 2.42. The third-order valence-corrected chi connectivity index (χ3v) is 4.33. The third-order valence-electron chi connectivity index (χ3n) is 4.33. The van der Waals surface area contributed by atoms with Crippen LogP contribution in [0.25, 0.3) is 0 Å². The van der Waals surface area contributed by atoms with E-state index in [1.807, 2.05) is 0 Å². The quantitative estimate of drug-likeness (QED) is 0.908. The van der Waals surface area contributed by atoms with E-state index in [1.54, 1.807) is 7.11 Å². The number of methoxy groups -OCH3 is 1. The molecule has 0 spiro atoms. The molecule has 1 aromatic carbocycles. The first-order chi connectivity index (χ1) is 8.82. The molecule has 0 bridgehead atoms. The van der Waals surface area contributed by atoms with Crippen LogP contribution in [0.5, 0.6) is 5.75 Å². The summed E-state index contributed by atoms with van der Waals surface area (Å²) >= 11 is 0. The molecule has 2 rings (SSSR count). The Morgan fingerprint density at radius 3 is 2.32 bits per heavy atom. The zero-order valence-electron chi connectivity index (χ0n) is 12.6. The van der Waals surface area contributed by atoms with E-state index in [-0.39, 0.29) is 11.0 Å². The van der Waals surface area contributed by atoms with Crippen LogP contribution in [-0.2, 0) is 10.2 Å². The molecule has 0 aliphatic carbocycles. The maximum Gasteiger partial charge on any atom is 0.122 e. The SMILES string of the molecule is COc1ccc(C2(C(C)(C)N)COC2)cc1C(C)C. The number of nitrogens with two attached hydrogens (primary N) is 1. The van der Waals surface area contributed by atoms with Crippen molar-refractivity contribution >= 4 is 0 Å². The summed E-state index contributed by atoms with van der Waals surface area (Å²) in [7, 11) is 1.72. The maximum absolute atomic E-state index is 6.39. The van der Waals surface area contributed by atoms with E-state index >= 15 is 0 Å². The highest BCUT2D eigenvalue weighted by molar-refractivity contribution is 5.44. The molecule has 0 aromatic heterocycles. The minimum atomic E-state index is -0.298. The van der Waals surface area contributed by atoms with Crippen LogP contribution >= 0.6 is 0 Å². The van der Waals surface area contributed by atoms with Gasteiger partial charge >= 0.3 is 0 Å². The Labute approximate surface area is 116 Å². The number of hydrogen-bond donors (Lipinski definition) is 1. The molecule has 2 N–H and O–H groups in total. The Morgan fingerprint density at radius 1 is 1.32 bits per heavy atom. The highest BCUT2D eigenvalue weighted by Gasteiger charge is 2.50. The van der Waals surface area contributed by atoms with Crippen molar-refractivity contribution in [2.24, 2.45) is 5.73 Å². The summed E-state index contributed by atoms with van der Waals surface area (Å²) in [6, 6.07) is 6.42. The first kappa shape index (κ1) is 14.4. The van der Waals surface area contributed by atoms with E-state index in [1.165, 1.54) is 11.1 Å². The molecule has 0 radical (unpaired) electrons. The Bertz CT molecular complexity index is 456. The van der Waals surface area contributed by atoms with Crippen molar-refractivity contribution in [2.75, 3.05) is 20.3 Å². The third kappa shape index (κ3) is 2.26. The smallest absolute Gasteiger partial charge is 0.122 e. The standard InChI is InChI=1S/C16H25NO2/c1-11(2)13-8-12(6-7-14(13)18-5)16(9-19-10-16)15(3,4)17/h6-8,11H,9-10,17H2,1-5H3. The van der Waals surface area contributed by atoms with Crippen molar-refractivity contribution in [2.45, 2.75) is 44.6 Å². The maximum atomic E-state index is 6.39. The molecule has 1 aromatic rings. The summed E-state index contributed by atoms with van der Waals surface area (Å²) in [5, 5.41) is 0. The highest BCUT2D eigenvalue weighted by atomic mass is 16.5. The second-order valence-electron chi connectivity index (χ2n) is 6.41. The number of rotatable bonds is 4. The van der Waals surface area contributed by atoms with Gasteiger partial charge in [0.05, 0.1) is 25.7 Å². The zero-order valence-corrected chi connectivity index (χ0v) is 12.6. The predicted molar refractivity (Wildman–Crippen MR) is 77.8 cm³/mol. The van der Waals surface area contributed by atoms with Crippen LogP contribution in [0.1, 0.15) is 44.7 Å². The van der Waals surface area contributed by atoms with E-state index in [0.29, 0.717) is 19.1 Å². The lowest BCUT2D eigenvalue weighted by Gasteiger charge is -2.51. The van der Waals surface area contributed by atoms with Gasteiger partial charge in [0, 0.05) is 5.54 Å². The molecule has 106 valence electrons. The molecule has 0 saturated carbocycles. The van der Waals surface area contributed by atoms with Crippen LogP contribution in [0.15, 0.2) is 18.2 Å². The van der Waals surface area contributed by atoms with Crippen molar-refractivity contribution in [3.8, 4) is 5.75 Å². The minimum absolute atomic E-state index is 0.0804. The summed E-state index contributed by atoms with van der Waals surface area (Å²) in [4.78, 5) is 0. The molecule has 1 fully saturated rings. The molecule has 1 aliphatic heterocycles. The van der Waals surface area contributed by atoms with Crippen LogP contribution in [0.3, 0.4) is 0 Å². The lowest BCUT2D eigenvalue weighted by molar-refractivity contribution is -0.0919. The lowest BCUT2D eigenvalue weighted by Crippen LogP contribution is -2.64. The van der Waals surface area contributed by atoms with Gasteiger partial charge in [-0.25, -0.2) is 0 Å². The van der Waals surface area contributed by atoms with Crippen molar-refractivity contribution in [1.82, 2.24) is 0 Å². The van der Waals surface area contributed by atoms with Gasteiger partial charge in [-0.1, -0.05) is 26.0 Å². The summed E-state index contributed by atoms with van der Waals surface area (Å²) in [5.74, 6) is 1.37. The van der Waals surface area contributed by atoms with Gasteiger partial charge < -0.3 is 15.2 Å². The van der Waals surface area contributed by atoms with E-state index in [4.69, 9.17) is 15.2 Å². The van der Waals surface area contributed by atoms with Gasteiger partial charge in [0.1, 0.15) is 5.75 Å². The summed E-state index contributed by atoms with van der Waals surface area (Å²) < 4.78 is 10.9. The van der Waals surface area contributed by atoms with Crippen molar-refractivity contribution in [3.05, 3.63) is 29.3 Å². The lowest BCUT2D eigenvalue weighted by atomic mass is 9.65. The summed E-state index contributed by atoms with van der Waals surface area (Å²) in [6.45, 7) is 9.91. The number of benzene rings is 1. The van der Waals surface area contributed by atoms with Gasteiger partial charge in [0.25, 0.3) is 0 Å². The van der Waals surface area contributed by atoms with Gasteiger partial charge in [0.15, 0.2) is 0 Å². The molecule has 1 heterocycles. The number of ether oxygens (including phenoxy) is 2. The Balaban J connectivity index is 2.49. The molecule has 0 unspecified atom stereocenters. The van der Waals surface area contributed by atoms with Crippen LogP contribution < -0.4 is 10.5 Å². The fraction of sp³-hybridized carbons (Fsp3) is 0.625. The topological polar surface area (TPSA) is 44.5 Å². The average molecular weight is 263 g/mol. The molecular weight excluding hydrogens is 238 g/mol. The van der Waals surface area contributed by atoms with Crippen LogP contribution in [0.2, 0.25) is 0 Å². The van der Waals surface area contributed by atoms with E-state index in [9.17, 15) is 0 Å². The van der Waals surface area contributed by atoms with Gasteiger partial charge in [-0.15, -0.1) is 0 Å². The second-order valence-corrected chi connectivity index (χ2v) is 6.41. The molecular formula is C16H25NO2. The summed E-state index contributed by atoms with van der Waals surface area (Å²) in [5.41, 5.74) is 8.51. The largest absolute Gasteiger partial charge is 0.496 e. The van der Waals surface area contributed by atoms with Crippen LogP contribution in [-0.4, -0.2) is 25.9 Å². The second kappa shape index (κ2) is 4.80. The van der Waals surface area contributed by atoms with E-state index in [0.717, 1.165) is 5.75 Å². The average Bonchev–Trinajstić information content (AvgIpc) is 2.25. The molecule has 3 nitrogen and oxygen atoms in total. The molecule has 3 heteroatoms. The first-order valence-electron chi connectivity index (χ1n) is 6.87. The predicted octanol–water partition coefficient (Wildman–Crippen LogP) is 2.82. The van der Waals surface area contributed by atoms with Gasteiger partial charge in [-0.2, -0.15) is 0 Å². The van der Waals surface area contributed by atoms with Crippen molar-refractivity contribution in [3.63, 3.8) is 0 Å². The minimum Gasteiger partial charge on any atom is -0.496 e. The molecule has 19 heavy (non-hydrogen) atoms. The van der Waals surface area contributed by atoms with Gasteiger partial charge in [-0.3, -0.25) is 0 Å². The van der Waals surface area contributed by atoms with Crippen molar-refractivity contribution in [1.29, 1.82) is 0 Å². The fourth-order valence-corrected chi connectivity index (χ4v) is 2.70. The summed E-state index contributed by atoms with van der Waals surface area (Å²) in [6.07, 6.45) is 0. The van der Waals surface area contributed by atoms with E-state index in [2.05, 4.69) is 45.9 Å². The Hall–Kier alpha value is -1.06. The van der Waals surface area contributed by atoms with Gasteiger partial charge in [-0.05, 0) is 37.0 Å². The molecule has 1 saturated heterocycles. The molecule has 0 amide bonds. The monoisotopic (exact) mass is 263 g/mol. The Kier molecular flexibility index (Phi) is 3.63. The van der Waals surface area contributed by atoms with Crippen molar-refractivity contribution < 1.29 is 9.47 Å². The number of hydrogen-bond acceptors (Lipinski definition) is 3. The Morgan fingerprint density at radius 2 is 1.95 bits per heavy atom. The van der Waals surface area contributed by atoms with Crippen LogP contribution in [0, 0.1) is 0 Å². The van der Waals surface area contributed by atoms with E-state index < -0.39 is 0 Å². The first-order valence-corrected chi connectivity index (χ1v) is 6.87. The normalized spacial score (nSPS) is 18.3. The van der Waals surface area contributed by atoms with Crippen LogP contribution in [0.4, 0.5) is 0 Å². The van der Waals surface area contributed by atoms with Gasteiger partial charge in [0.2, 0.25) is 0 Å².